The van der Waals surface area contributed by atoms with E-state index in [1.165, 1.54) is 12.1 Å². The zero-order valence-electron chi connectivity index (χ0n) is 15.1. The zero-order chi connectivity index (χ0) is 20.4. The lowest BCUT2D eigenvalue weighted by molar-refractivity contribution is -0.115. The Morgan fingerprint density at radius 1 is 1.14 bits per heavy atom. The molecular formula is C22H16BrClFNO2S. The van der Waals surface area contributed by atoms with Gasteiger partial charge in [0.25, 0.3) is 0 Å². The molecule has 0 N–H and O–H groups in total. The number of hydrogen-bond acceptors (Lipinski definition) is 3. The van der Waals surface area contributed by atoms with Gasteiger partial charge in [-0.25, -0.2) is 4.39 Å². The number of carbonyl (C=O) groups is 1. The Morgan fingerprint density at radius 2 is 1.93 bits per heavy atom. The summed E-state index contributed by atoms with van der Waals surface area (Å²) < 4.78 is 19.9. The maximum absolute atomic E-state index is 13.3. The average molecular weight is 493 g/mol. The number of amides is 1. The number of thioether (sulfide) groups is 1. The number of rotatable bonds is 5. The van der Waals surface area contributed by atoms with E-state index >= 15 is 0 Å². The van der Waals surface area contributed by atoms with Crippen molar-refractivity contribution in [2.24, 2.45) is 0 Å². The van der Waals surface area contributed by atoms with Crippen LogP contribution in [-0.2, 0) is 11.4 Å². The van der Waals surface area contributed by atoms with Gasteiger partial charge in [0, 0.05) is 10.7 Å². The van der Waals surface area contributed by atoms with E-state index in [1.54, 1.807) is 34.9 Å². The predicted molar refractivity (Wildman–Crippen MR) is 119 cm³/mol. The van der Waals surface area contributed by atoms with E-state index in [-0.39, 0.29) is 23.7 Å². The molecule has 1 atom stereocenters. The lowest BCUT2D eigenvalue weighted by atomic mass is 10.1. The normalized spacial score (nSPS) is 16.3. The molecule has 0 radical (unpaired) electrons. The maximum atomic E-state index is 13.3. The summed E-state index contributed by atoms with van der Waals surface area (Å²) in [6.07, 6.45) is 0. The number of ether oxygens (including phenoxy) is 1. The third kappa shape index (κ3) is 4.60. The van der Waals surface area contributed by atoms with Crippen LogP contribution in [0.1, 0.15) is 16.5 Å². The summed E-state index contributed by atoms with van der Waals surface area (Å²) >= 11 is 11.1. The van der Waals surface area contributed by atoms with E-state index in [0.717, 1.165) is 21.3 Å². The predicted octanol–water partition coefficient (Wildman–Crippen LogP) is 6.60. The number of benzene rings is 3. The van der Waals surface area contributed by atoms with Gasteiger partial charge < -0.3 is 4.74 Å². The van der Waals surface area contributed by atoms with Gasteiger partial charge in [-0.05, 0) is 75.6 Å². The van der Waals surface area contributed by atoms with Crippen LogP contribution in [0.5, 0.6) is 5.75 Å². The first-order valence-electron chi connectivity index (χ1n) is 8.87. The summed E-state index contributed by atoms with van der Waals surface area (Å²) in [6, 6.07) is 19.4. The monoisotopic (exact) mass is 491 g/mol. The highest BCUT2D eigenvalue weighted by Gasteiger charge is 2.34. The van der Waals surface area contributed by atoms with Crippen molar-refractivity contribution in [3.63, 3.8) is 0 Å². The summed E-state index contributed by atoms with van der Waals surface area (Å²) in [5.74, 6) is 0.851. The molecule has 3 aromatic carbocycles. The molecule has 0 unspecified atom stereocenters. The number of carbonyl (C=O) groups excluding carboxylic acids is 1. The van der Waals surface area contributed by atoms with E-state index in [0.29, 0.717) is 16.5 Å². The van der Waals surface area contributed by atoms with Gasteiger partial charge in [-0.1, -0.05) is 29.8 Å². The first-order chi connectivity index (χ1) is 14.0. The van der Waals surface area contributed by atoms with Crippen LogP contribution >= 0.6 is 39.3 Å². The van der Waals surface area contributed by atoms with Crippen LogP contribution in [0.15, 0.2) is 71.2 Å². The van der Waals surface area contributed by atoms with Crippen LogP contribution in [-0.4, -0.2) is 11.7 Å². The molecule has 4 rings (SSSR count). The fourth-order valence-electron chi connectivity index (χ4n) is 3.13. The highest BCUT2D eigenvalue weighted by atomic mass is 79.9. The van der Waals surface area contributed by atoms with Crippen LogP contribution in [0.2, 0.25) is 5.02 Å². The van der Waals surface area contributed by atoms with Gasteiger partial charge in [0.1, 0.15) is 23.5 Å². The quantitative estimate of drug-likeness (QED) is 0.402. The van der Waals surface area contributed by atoms with E-state index in [4.69, 9.17) is 16.3 Å². The van der Waals surface area contributed by atoms with Crippen molar-refractivity contribution in [1.29, 1.82) is 0 Å². The molecule has 0 saturated carbocycles. The minimum Gasteiger partial charge on any atom is -0.488 e. The molecule has 148 valence electrons. The lowest BCUT2D eigenvalue weighted by Gasteiger charge is -2.25. The number of anilines is 1. The number of nitrogens with zero attached hydrogens (tertiary/aromatic N) is 1. The van der Waals surface area contributed by atoms with Crippen LogP contribution in [0.3, 0.4) is 0 Å². The summed E-state index contributed by atoms with van der Waals surface area (Å²) in [4.78, 5) is 14.3. The summed E-state index contributed by atoms with van der Waals surface area (Å²) in [7, 11) is 0. The molecule has 1 heterocycles. The summed E-state index contributed by atoms with van der Waals surface area (Å²) in [6.45, 7) is 0.267. The van der Waals surface area contributed by atoms with Crippen molar-refractivity contribution in [3.8, 4) is 5.75 Å². The Hall–Kier alpha value is -2.02. The molecular weight excluding hydrogens is 477 g/mol. The molecule has 0 aliphatic carbocycles. The maximum Gasteiger partial charge on any atom is 0.238 e. The largest absolute Gasteiger partial charge is 0.488 e. The van der Waals surface area contributed by atoms with Gasteiger partial charge in [-0.2, -0.15) is 0 Å². The van der Waals surface area contributed by atoms with E-state index in [9.17, 15) is 9.18 Å². The Morgan fingerprint density at radius 3 is 2.66 bits per heavy atom. The smallest absolute Gasteiger partial charge is 0.238 e. The third-order valence-corrected chi connectivity index (χ3v) is 6.58. The summed E-state index contributed by atoms with van der Waals surface area (Å²) in [5, 5.41) is 0.504. The Bertz CT molecular complexity index is 1050. The molecule has 1 fully saturated rings. The van der Waals surface area contributed by atoms with Crippen molar-refractivity contribution in [1.82, 2.24) is 0 Å². The van der Waals surface area contributed by atoms with Crippen molar-refractivity contribution in [3.05, 3.63) is 93.2 Å². The van der Waals surface area contributed by atoms with Crippen molar-refractivity contribution in [2.75, 3.05) is 10.7 Å². The van der Waals surface area contributed by atoms with Crippen LogP contribution in [0.4, 0.5) is 10.1 Å². The van der Waals surface area contributed by atoms with Crippen molar-refractivity contribution >= 4 is 50.9 Å². The average Bonchev–Trinajstić information content (AvgIpc) is 3.09. The minimum absolute atomic E-state index is 0.0601. The van der Waals surface area contributed by atoms with E-state index in [1.807, 2.05) is 36.4 Å². The molecule has 7 heteroatoms. The minimum atomic E-state index is -0.286. The zero-order valence-corrected chi connectivity index (χ0v) is 18.3. The molecule has 0 aromatic heterocycles. The lowest BCUT2D eigenvalue weighted by Crippen LogP contribution is -2.27. The molecule has 3 aromatic rings. The van der Waals surface area contributed by atoms with E-state index in [2.05, 4.69) is 15.9 Å². The number of hydrogen-bond donors (Lipinski definition) is 0. The first kappa shape index (κ1) is 20.3. The third-order valence-electron chi connectivity index (χ3n) is 4.50. The fourth-order valence-corrected chi connectivity index (χ4v) is 4.93. The topological polar surface area (TPSA) is 29.5 Å². The van der Waals surface area contributed by atoms with Gasteiger partial charge in [0.05, 0.1) is 10.2 Å². The molecule has 1 aliphatic rings. The van der Waals surface area contributed by atoms with Crippen LogP contribution in [0, 0.1) is 5.82 Å². The molecule has 0 spiro atoms. The van der Waals surface area contributed by atoms with Crippen molar-refractivity contribution in [2.45, 2.75) is 12.0 Å². The molecule has 1 amide bonds. The molecule has 29 heavy (non-hydrogen) atoms. The van der Waals surface area contributed by atoms with Gasteiger partial charge >= 0.3 is 0 Å². The van der Waals surface area contributed by atoms with Crippen LogP contribution in [0.25, 0.3) is 0 Å². The highest BCUT2D eigenvalue weighted by molar-refractivity contribution is 9.10. The van der Waals surface area contributed by atoms with Gasteiger partial charge in [0.2, 0.25) is 5.91 Å². The Labute approximate surface area is 185 Å². The SMILES string of the molecule is O=C1CS[C@@H](c2ccc(OCc3cccc(F)c3)c(Br)c2)N1c1ccc(Cl)cc1. The second-order valence-corrected chi connectivity index (χ2v) is 8.87. The van der Waals surface area contributed by atoms with Gasteiger partial charge in [-0.3, -0.25) is 9.69 Å². The Kier molecular flexibility index (Phi) is 6.13. The molecule has 1 aliphatic heterocycles. The Balaban J connectivity index is 1.53. The van der Waals surface area contributed by atoms with Crippen molar-refractivity contribution < 1.29 is 13.9 Å². The number of halogens is 3. The second-order valence-electron chi connectivity index (χ2n) is 6.51. The fraction of sp³-hybridized carbons (Fsp3) is 0.136. The molecule has 1 saturated heterocycles. The molecule has 3 nitrogen and oxygen atoms in total. The first-order valence-corrected chi connectivity index (χ1v) is 11.1. The van der Waals surface area contributed by atoms with Crippen LogP contribution < -0.4 is 9.64 Å². The second kappa shape index (κ2) is 8.78. The summed E-state index contributed by atoms with van der Waals surface area (Å²) in [5.41, 5.74) is 2.56. The van der Waals surface area contributed by atoms with Gasteiger partial charge in [-0.15, -0.1) is 11.8 Å². The van der Waals surface area contributed by atoms with Gasteiger partial charge in [0.15, 0.2) is 0 Å². The van der Waals surface area contributed by atoms with E-state index < -0.39 is 0 Å². The molecule has 0 bridgehead atoms. The standard InChI is InChI=1S/C22H16BrClFNO2S/c23-19-11-15(4-9-20(19)28-12-14-2-1-3-17(25)10-14)22-26(21(27)13-29-22)18-7-5-16(24)6-8-18/h1-11,22H,12-13H2/t22-/m0/s1. The highest BCUT2D eigenvalue weighted by Crippen LogP contribution is 2.43.